The van der Waals surface area contributed by atoms with Crippen LogP contribution in [0.2, 0.25) is 0 Å². The average molecular weight is 171 g/mol. The molecule has 0 aromatic rings. The summed E-state index contributed by atoms with van der Waals surface area (Å²) < 4.78 is 5.22. The molecule has 0 bridgehead atoms. The van der Waals surface area contributed by atoms with Gasteiger partial charge in [0, 0.05) is 6.42 Å². The van der Waals surface area contributed by atoms with Crippen molar-refractivity contribution in [2.45, 2.75) is 46.1 Å². The summed E-state index contributed by atoms with van der Waals surface area (Å²) in [5.74, 6) is 0.172. The van der Waals surface area contributed by atoms with Gasteiger partial charge in [-0.3, -0.25) is 4.79 Å². The molecule has 0 aliphatic heterocycles. The summed E-state index contributed by atoms with van der Waals surface area (Å²) in [4.78, 5) is 11.0. The van der Waals surface area contributed by atoms with Crippen LogP contribution in [0.15, 0.2) is 0 Å². The molecule has 0 aromatic carbocycles. The predicted molar refractivity (Wildman–Crippen MR) is 49.6 cm³/mol. The number of carbonyl (C=O) groups excluding carboxylic acids is 1. The summed E-state index contributed by atoms with van der Waals surface area (Å²) in [6, 6.07) is 0. The van der Waals surface area contributed by atoms with Crippen molar-refractivity contribution in [3.8, 4) is 0 Å². The Balaban J connectivity index is 3.94. The van der Waals surface area contributed by atoms with Crippen LogP contribution in [0, 0.1) is 12.8 Å². The molecule has 0 spiro atoms. The van der Waals surface area contributed by atoms with E-state index < -0.39 is 0 Å². The number of carbonyl (C=O) groups is 1. The summed E-state index contributed by atoms with van der Waals surface area (Å²) in [5, 5.41) is 0. The molecule has 2 nitrogen and oxygen atoms in total. The fourth-order valence-electron chi connectivity index (χ4n) is 1.26. The van der Waals surface area contributed by atoms with Crippen molar-refractivity contribution in [2.24, 2.45) is 5.92 Å². The van der Waals surface area contributed by atoms with E-state index >= 15 is 0 Å². The van der Waals surface area contributed by atoms with Crippen molar-refractivity contribution in [3.63, 3.8) is 0 Å². The van der Waals surface area contributed by atoms with Gasteiger partial charge in [-0.25, -0.2) is 0 Å². The third kappa shape index (κ3) is 5.16. The maximum Gasteiger partial charge on any atom is 0.306 e. The minimum absolute atomic E-state index is 0.138. The second-order valence-electron chi connectivity index (χ2n) is 3.90. The van der Waals surface area contributed by atoms with Gasteiger partial charge in [0.15, 0.2) is 0 Å². The molecular formula is C10H19O2. The van der Waals surface area contributed by atoms with Gasteiger partial charge in [-0.2, -0.15) is 0 Å². The standard InChI is InChI=1S/C10H19O2/c1-6-9(11)12-10(4,5)7-8(2)3/h8H,2,6-7H2,1,3-5H3. The zero-order valence-electron chi connectivity index (χ0n) is 8.52. The molecule has 0 rings (SSSR count). The van der Waals surface area contributed by atoms with Crippen LogP contribution in [-0.4, -0.2) is 11.6 Å². The maximum atomic E-state index is 11.0. The van der Waals surface area contributed by atoms with E-state index in [2.05, 4.69) is 6.92 Å². The Labute approximate surface area is 75.3 Å². The van der Waals surface area contributed by atoms with Crippen LogP contribution >= 0.6 is 0 Å². The van der Waals surface area contributed by atoms with Gasteiger partial charge in [0.1, 0.15) is 5.60 Å². The van der Waals surface area contributed by atoms with Crippen molar-refractivity contribution >= 4 is 5.97 Å². The Hall–Kier alpha value is -0.530. The Kier molecular flexibility index (Phi) is 4.29. The van der Waals surface area contributed by atoms with Crippen LogP contribution in [0.25, 0.3) is 0 Å². The lowest BCUT2D eigenvalue weighted by atomic mass is 9.96. The van der Waals surface area contributed by atoms with Crippen molar-refractivity contribution < 1.29 is 9.53 Å². The molecule has 1 atom stereocenters. The summed E-state index contributed by atoms with van der Waals surface area (Å²) in [5.41, 5.74) is -0.367. The normalized spacial score (nSPS) is 11.8. The third-order valence-corrected chi connectivity index (χ3v) is 1.52. The highest BCUT2D eigenvalue weighted by Gasteiger charge is 2.22. The highest BCUT2D eigenvalue weighted by Crippen LogP contribution is 2.20. The lowest BCUT2D eigenvalue weighted by Crippen LogP contribution is -2.29. The minimum Gasteiger partial charge on any atom is -0.460 e. The highest BCUT2D eigenvalue weighted by atomic mass is 16.6. The number of ether oxygens (including phenoxy) is 1. The van der Waals surface area contributed by atoms with Crippen LogP contribution in [0.1, 0.15) is 40.5 Å². The summed E-state index contributed by atoms with van der Waals surface area (Å²) in [7, 11) is 0. The smallest absolute Gasteiger partial charge is 0.306 e. The molecule has 0 amide bonds. The molecular weight excluding hydrogens is 152 g/mol. The molecule has 0 saturated carbocycles. The first-order valence-corrected chi connectivity index (χ1v) is 4.42. The predicted octanol–water partition coefficient (Wildman–Crippen LogP) is 2.58. The van der Waals surface area contributed by atoms with E-state index in [0.717, 1.165) is 6.42 Å². The van der Waals surface area contributed by atoms with Crippen molar-refractivity contribution in [3.05, 3.63) is 6.92 Å². The van der Waals surface area contributed by atoms with Gasteiger partial charge in [-0.05, 0) is 26.2 Å². The van der Waals surface area contributed by atoms with Gasteiger partial charge < -0.3 is 4.74 Å². The second kappa shape index (κ2) is 4.48. The van der Waals surface area contributed by atoms with Gasteiger partial charge in [-0.1, -0.05) is 20.8 Å². The number of esters is 1. The van der Waals surface area contributed by atoms with Crippen LogP contribution in [0.5, 0.6) is 0 Å². The first-order chi connectivity index (χ1) is 5.37. The number of hydrogen-bond acceptors (Lipinski definition) is 2. The average Bonchev–Trinajstić information content (AvgIpc) is 1.83. The molecule has 2 heteroatoms. The summed E-state index contributed by atoms with van der Waals surface area (Å²) in [6.45, 7) is 11.5. The van der Waals surface area contributed by atoms with Gasteiger partial charge in [0.05, 0.1) is 0 Å². The van der Waals surface area contributed by atoms with Crippen LogP contribution in [0.3, 0.4) is 0 Å². The van der Waals surface area contributed by atoms with E-state index in [1.165, 1.54) is 0 Å². The SMILES string of the molecule is [CH2]C(C)CC(C)(C)OC(=O)CC. The largest absolute Gasteiger partial charge is 0.460 e. The molecule has 0 N–H and O–H groups in total. The Bertz CT molecular complexity index is 148. The minimum atomic E-state index is -0.367. The molecule has 0 saturated heterocycles. The van der Waals surface area contributed by atoms with Crippen LogP contribution < -0.4 is 0 Å². The number of hydrogen-bond donors (Lipinski definition) is 0. The topological polar surface area (TPSA) is 26.3 Å². The molecule has 0 aliphatic rings. The fourth-order valence-corrected chi connectivity index (χ4v) is 1.26. The van der Waals surface area contributed by atoms with Gasteiger partial charge >= 0.3 is 5.97 Å². The van der Waals surface area contributed by atoms with E-state index in [1.807, 2.05) is 20.8 Å². The van der Waals surface area contributed by atoms with Crippen LogP contribution in [-0.2, 0) is 9.53 Å². The Morgan fingerprint density at radius 3 is 2.42 bits per heavy atom. The van der Waals surface area contributed by atoms with E-state index in [0.29, 0.717) is 12.3 Å². The summed E-state index contributed by atoms with van der Waals surface area (Å²) >= 11 is 0. The van der Waals surface area contributed by atoms with Gasteiger partial charge in [-0.15, -0.1) is 0 Å². The molecule has 12 heavy (non-hydrogen) atoms. The third-order valence-electron chi connectivity index (χ3n) is 1.52. The molecule has 1 unspecified atom stereocenters. The molecule has 0 fully saturated rings. The van der Waals surface area contributed by atoms with E-state index in [1.54, 1.807) is 6.92 Å². The molecule has 71 valence electrons. The quantitative estimate of drug-likeness (QED) is 0.608. The zero-order chi connectivity index (χ0) is 9.78. The van der Waals surface area contributed by atoms with E-state index in [4.69, 9.17) is 4.74 Å². The second-order valence-corrected chi connectivity index (χ2v) is 3.90. The van der Waals surface area contributed by atoms with Crippen molar-refractivity contribution in [2.75, 3.05) is 0 Å². The van der Waals surface area contributed by atoms with Gasteiger partial charge in [0.2, 0.25) is 0 Å². The van der Waals surface area contributed by atoms with E-state index in [-0.39, 0.29) is 11.6 Å². The first kappa shape index (κ1) is 11.5. The molecule has 0 heterocycles. The number of rotatable bonds is 4. The van der Waals surface area contributed by atoms with E-state index in [9.17, 15) is 4.79 Å². The molecule has 0 aromatic heterocycles. The van der Waals surface area contributed by atoms with Crippen molar-refractivity contribution in [1.29, 1.82) is 0 Å². The zero-order valence-corrected chi connectivity index (χ0v) is 8.52. The maximum absolute atomic E-state index is 11.0. The monoisotopic (exact) mass is 171 g/mol. The molecule has 0 aliphatic carbocycles. The Morgan fingerprint density at radius 2 is 2.08 bits per heavy atom. The first-order valence-electron chi connectivity index (χ1n) is 4.42. The lowest BCUT2D eigenvalue weighted by Gasteiger charge is -2.26. The Morgan fingerprint density at radius 1 is 1.58 bits per heavy atom. The highest BCUT2D eigenvalue weighted by molar-refractivity contribution is 5.69. The van der Waals surface area contributed by atoms with Gasteiger partial charge in [0.25, 0.3) is 0 Å². The lowest BCUT2D eigenvalue weighted by molar-refractivity contribution is -0.157. The summed E-state index contributed by atoms with van der Waals surface area (Å²) in [6.07, 6.45) is 1.24. The van der Waals surface area contributed by atoms with Crippen molar-refractivity contribution in [1.82, 2.24) is 0 Å². The van der Waals surface area contributed by atoms with Crippen LogP contribution in [0.4, 0.5) is 0 Å². The fraction of sp³-hybridized carbons (Fsp3) is 0.800. The molecule has 1 radical (unpaired) electrons.